The van der Waals surface area contributed by atoms with Crippen LogP contribution in [0.25, 0.3) is 5.65 Å². The maximum Gasteiger partial charge on any atom is 0.492 e. The fourth-order valence-electron chi connectivity index (χ4n) is 1.20. The van der Waals surface area contributed by atoms with Gasteiger partial charge >= 0.3 is 7.12 Å². The fraction of sp³-hybridized carbons (Fsp3) is 0. The van der Waals surface area contributed by atoms with Crippen LogP contribution in [0.15, 0.2) is 24.5 Å². The fourth-order valence-corrected chi connectivity index (χ4v) is 1.40. The van der Waals surface area contributed by atoms with Gasteiger partial charge in [0.2, 0.25) is 0 Å². The van der Waals surface area contributed by atoms with Gasteiger partial charge < -0.3 is 10.0 Å². The monoisotopic (exact) mass is 196 g/mol. The maximum atomic E-state index is 8.99. The largest absolute Gasteiger partial charge is 0.492 e. The van der Waals surface area contributed by atoms with Gasteiger partial charge in [-0.3, -0.25) is 4.40 Å². The number of imidazole rings is 1. The van der Waals surface area contributed by atoms with Crippen molar-refractivity contribution < 1.29 is 10.0 Å². The van der Waals surface area contributed by atoms with Crippen LogP contribution >= 0.6 is 11.6 Å². The lowest BCUT2D eigenvalue weighted by Crippen LogP contribution is -2.31. The zero-order valence-corrected chi connectivity index (χ0v) is 7.31. The number of hydrogen-bond acceptors (Lipinski definition) is 3. The molecule has 0 spiro atoms. The van der Waals surface area contributed by atoms with Gasteiger partial charge in [-0.2, -0.15) is 0 Å². The Kier molecular flexibility index (Phi) is 1.99. The molecule has 2 aromatic rings. The highest BCUT2D eigenvalue weighted by atomic mass is 35.5. The van der Waals surface area contributed by atoms with Gasteiger partial charge in [0.25, 0.3) is 0 Å². The van der Waals surface area contributed by atoms with Gasteiger partial charge in [0.1, 0.15) is 10.8 Å². The Balaban J connectivity index is 2.78. The summed E-state index contributed by atoms with van der Waals surface area (Å²) in [4.78, 5) is 3.96. The minimum atomic E-state index is -1.53. The normalized spacial score (nSPS) is 10.7. The van der Waals surface area contributed by atoms with Crippen molar-refractivity contribution in [3.8, 4) is 0 Å². The molecular weight excluding hydrogens is 190 g/mol. The zero-order valence-electron chi connectivity index (χ0n) is 6.55. The maximum absolute atomic E-state index is 8.99. The molecule has 0 aromatic carbocycles. The Labute approximate surface area is 79.6 Å². The summed E-state index contributed by atoms with van der Waals surface area (Å²) in [7, 11) is -1.53. The second kappa shape index (κ2) is 3.03. The molecule has 0 amide bonds. The molecule has 2 heterocycles. The van der Waals surface area contributed by atoms with E-state index in [0.717, 1.165) is 0 Å². The Morgan fingerprint density at radius 3 is 2.85 bits per heavy atom. The van der Waals surface area contributed by atoms with Gasteiger partial charge in [-0.1, -0.05) is 17.7 Å². The highest BCUT2D eigenvalue weighted by molar-refractivity contribution is 6.61. The molecular formula is C7H6BClN2O2. The second-order valence-corrected chi connectivity index (χ2v) is 2.99. The van der Waals surface area contributed by atoms with E-state index < -0.39 is 7.12 Å². The predicted molar refractivity (Wildman–Crippen MR) is 50.0 cm³/mol. The van der Waals surface area contributed by atoms with Gasteiger partial charge in [-0.05, 0) is 6.07 Å². The van der Waals surface area contributed by atoms with Crippen molar-refractivity contribution in [3.05, 3.63) is 29.7 Å². The summed E-state index contributed by atoms with van der Waals surface area (Å²) in [6.45, 7) is 0. The van der Waals surface area contributed by atoms with Gasteiger partial charge in [0, 0.05) is 17.9 Å². The molecule has 0 atom stereocenters. The third-order valence-electron chi connectivity index (χ3n) is 1.81. The molecule has 0 saturated heterocycles. The lowest BCUT2D eigenvalue weighted by Gasteiger charge is -2.03. The second-order valence-electron chi connectivity index (χ2n) is 2.61. The first-order chi connectivity index (χ1) is 6.20. The van der Waals surface area contributed by atoms with E-state index >= 15 is 0 Å². The molecule has 4 nitrogen and oxygen atoms in total. The van der Waals surface area contributed by atoms with Gasteiger partial charge in [0.15, 0.2) is 0 Å². The SMILES string of the molecule is OB(O)c1ccc(Cl)n2ccnc12. The van der Waals surface area contributed by atoms with E-state index in [2.05, 4.69) is 4.98 Å². The number of halogens is 1. The van der Waals surface area contributed by atoms with E-state index in [4.69, 9.17) is 21.6 Å². The molecule has 2 N–H and O–H groups in total. The number of aromatic nitrogens is 2. The number of rotatable bonds is 1. The molecule has 0 fully saturated rings. The number of pyridine rings is 1. The van der Waals surface area contributed by atoms with Crippen LogP contribution in [-0.2, 0) is 0 Å². The van der Waals surface area contributed by atoms with Crippen LogP contribution in [0.4, 0.5) is 0 Å². The van der Waals surface area contributed by atoms with Crippen LogP contribution in [0.5, 0.6) is 0 Å². The highest BCUT2D eigenvalue weighted by Crippen LogP contribution is 2.09. The average Bonchev–Trinajstić information content (AvgIpc) is 2.53. The quantitative estimate of drug-likeness (QED) is 0.485. The molecule has 6 heteroatoms. The number of hydrogen-bond donors (Lipinski definition) is 2. The summed E-state index contributed by atoms with van der Waals surface area (Å²) in [6, 6.07) is 3.13. The topological polar surface area (TPSA) is 57.8 Å². The van der Waals surface area contributed by atoms with E-state index in [1.54, 1.807) is 22.9 Å². The van der Waals surface area contributed by atoms with E-state index in [9.17, 15) is 0 Å². The standard InChI is InChI=1S/C7H6BClN2O2/c9-6-2-1-5(8(12)13)7-10-3-4-11(6)7/h1-4,12-13H. The Morgan fingerprint density at radius 1 is 1.38 bits per heavy atom. The lowest BCUT2D eigenvalue weighted by atomic mass is 9.81. The smallest absolute Gasteiger partial charge is 0.423 e. The third-order valence-corrected chi connectivity index (χ3v) is 2.12. The first kappa shape index (κ1) is 8.56. The van der Waals surface area contributed by atoms with Crippen LogP contribution in [0, 0.1) is 0 Å². The zero-order chi connectivity index (χ0) is 9.42. The van der Waals surface area contributed by atoms with Crippen molar-refractivity contribution in [3.63, 3.8) is 0 Å². The predicted octanol–water partition coefficient (Wildman–Crippen LogP) is -0.333. The minimum absolute atomic E-state index is 0.342. The molecule has 0 saturated carbocycles. The average molecular weight is 196 g/mol. The number of fused-ring (bicyclic) bond motifs is 1. The summed E-state index contributed by atoms with van der Waals surface area (Å²) >= 11 is 5.83. The van der Waals surface area contributed by atoms with Crippen molar-refractivity contribution in [2.24, 2.45) is 0 Å². The van der Waals surface area contributed by atoms with Crippen molar-refractivity contribution >= 4 is 29.8 Å². The molecule has 0 radical (unpaired) electrons. The minimum Gasteiger partial charge on any atom is -0.423 e. The summed E-state index contributed by atoms with van der Waals surface area (Å²) in [6.07, 6.45) is 3.20. The molecule has 0 aliphatic heterocycles. The van der Waals surface area contributed by atoms with E-state index in [1.807, 2.05) is 0 Å². The summed E-state index contributed by atoms with van der Waals surface area (Å²) in [5.41, 5.74) is 0.803. The van der Waals surface area contributed by atoms with E-state index in [-0.39, 0.29) is 0 Å². The molecule has 2 aromatic heterocycles. The molecule has 0 bridgehead atoms. The lowest BCUT2D eigenvalue weighted by molar-refractivity contribution is 0.426. The molecule has 0 aliphatic rings. The van der Waals surface area contributed by atoms with Crippen LogP contribution in [0.2, 0.25) is 5.15 Å². The van der Waals surface area contributed by atoms with Crippen molar-refractivity contribution in [1.82, 2.24) is 9.38 Å². The summed E-state index contributed by atoms with van der Waals surface area (Å²) in [5.74, 6) is 0. The van der Waals surface area contributed by atoms with Gasteiger partial charge in [-0.15, -0.1) is 0 Å². The molecule has 2 rings (SSSR count). The Hall–Kier alpha value is -1.04. The van der Waals surface area contributed by atoms with E-state index in [0.29, 0.717) is 16.3 Å². The summed E-state index contributed by atoms with van der Waals surface area (Å²) < 4.78 is 1.58. The van der Waals surface area contributed by atoms with Crippen molar-refractivity contribution in [1.29, 1.82) is 0 Å². The van der Waals surface area contributed by atoms with Crippen molar-refractivity contribution in [2.75, 3.05) is 0 Å². The molecule has 0 aliphatic carbocycles. The van der Waals surface area contributed by atoms with Gasteiger partial charge in [0.05, 0.1) is 0 Å². The Morgan fingerprint density at radius 2 is 2.15 bits per heavy atom. The first-order valence-corrected chi connectivity index (χ1v) is 4.05. The van der Waals surface area contributed by atoms with Gasteiger partial charge in [-0.25, -0.2) is 4.98 Å². The molecule has 66 valence electrons. The first-order valence-electron chi connectivity index (χ1n) is 3.68. The van der Waals surface area contributed by atoms with Crippen LogP contribution in [0.3, 0.4) is 0 Å². The Bertz CT molecular complexity index is 443. The van der Waals surface area contributed by atoms with Crippen LogP contribution in [0.1, 0.15) is 0 Å². The van der Waals surface area contributed by atoms with Crippen LogP contribution < -0.4 is 5.46 Å². The molecule has 13 heavy (non-hydrogen) atoms. The van der Waals surface area contributed by atoms with E-state index in [1.165, 1.54) is 6.07 Å². The molecule has 0 unspecified atom stereocenters. The van der Waals surface area contributed by atoms with Crippen molar-refractivity contribution in [2.45, 2.75) is 0 Å². The highest BCUT2D eigenvalue weighted by Gasteiger charge is 2.16. The number of nitrogens with zero attached hydrogens (tertiary/aromatic N) is 2. The summed E-state index contributed by atoms with van der Waals surface area (Å²) in [5, 5.41) is 18.5. The van der Waals surface area contributed by atoms with Crippen LogP contribution in [-0.4, -0.2) is 26.6 Å². The third kappa shape index (κ3) is 1.31.